The molecule has 1 saturated heterocycles. The molecule has 1 aliphatic heterocycles. The molecule has 2 heterocycles. The van der Waals surface area contributed by atoms with Crippen molar-refractivity contribution in [2.24, 2.45) is 0 Å². The highest BCUT2D eigenvalue weighted by Gasteiger charge is 2.26. The quantitative estimate of drug-likeness (QED) is 0.773. The lowest BCUT2D eigenvalue weighted by molar-refractivity contribution is 0.0888. The predicted molar refractivity (Wildman–Crippen MR) is 64.4 cm³/mol. The average molecular weight is 280 g/mol. The van der Waals surface area contributed by atoms with E-state index in [1.807, 2.05) is 0 Å². The Hall–Kier alpha value is -0.780. The van der Waals surface area contributed by atoms with E-state index in [1.165, 1.54) is 6.07 Å². The molecule has 4 nitrogen and oxygen atoms in total. The third-order valence-electron chi connectivity index (χ3n) is 2.69. The zero-order valence-electron chi connectivity index (χ0n) is 8.90. The van der Waals surface area contributed by atoms with Crippen molar-refractivity contribution in [2.45, 2.75) is 18.6 Å². The summed E-state index contributed by atoms with van der Waals surface area (Å²) in [5.41, 5.74) is 0.241. The molecule has 0 aliphatic carbocycles. The molecule has 1 aliphatic rings. The van der Waals surface area contributed by atoms with Crippen molar-refractivity contribution in [3.05, 3.63) is 21.9 Å². The first-order chi connectivity index (χ1) is 8.08. The number of H-pyrrole nitrogens is 1. The largest absolute Gasteiger partial charge is 0.345 e. The second kappa shape index (κ2) is 5.25. The smallest absolute Gasteiger partial charge is 0.268 e. The van der Waals surface area contributed by atoms with Crippen molar-refractivity contribution < 1.29 is 9.18 Å². The lowest BCUT2D eigenvalue weighted by atomic mass is 10.0. The molecule has 2 atom stereocenters. The van der Waals surface area contributed by atoms with Crippen LogP contribution in [0, 0.1) is 0 Å². The van der Waals surface area contributed by atoms with Crippen molar-refractivity contribution in [3.63, 3.8) is 0 Å². The zero-order valence-corrected chi connectivity index (χ0v) is 10.4. The Balaban J connectivity index is 2.01. The number of halogens is 3. The summed E-state index contributed by atoms with van der Waals surface area (Å²) in [6.07, 6.45) is -0.511. The lowest BCUT2D eigenvalue weighted by Crippen LogP contribution is -2.50. The normalized spacial score (nSPS) is 24.6. The maximum Gasteiger partial charge on any atom is 0.268 e. The van der Waals surface area contributed by atoms with Crippen LogP contribution in [0.3, 0.4) is 0 Å². The summed E-state index contributed by atoms with van der Waals surface area (Å²) < 4.78 is 13.5. The van der Waals surface area contributed by atoms with Gasteiger partial charge in [-0.1, -0.05) is 23.2 Å². The molecule has 1 aromatic rings. The first-order valence-electron chi connectivity index (χ1n) is 5.27. The number of amides is 1. The molecule has 7 heteroatoms. The molecule has 0 spiro atoms. The van der Waals surface area contributed by atoms with Gasteiger partial charge in [-0.2, -0.15) is 0 Å². The highest BCUT2D eigenvalue weighted by atomic mass is 35.5. The summed E-state index contributed by atoms with van der Waals surface area (Å²) in [5.74, 6) is -0.395. The van der Waals surface area contributed by atoms with E-state index in [9.17, 15) is 9.18 Å². The Kier molecular flexibility index (Phi) is 3.91. The van der Waals surface area contributed by atoms with E-state index in [0.717, 1.165) is 0 Å². The van der Waals surface area contributed by atoms with Gasteiger partial charge >= 0.3 is 0 Å². The summed E-state index contributed by atoms with van der Waals surface area (Å²) in [6.45, 7) is 0.953. The van der Waals surface area contributed by atoms with E-state index in [2.05, 4.69) is 15.6 Å². The average Bonchev–Trinajstić information content (AvgIpc) is 2.63. The van der Waals surface area contributed by atoms with Crippen LogP contribution >= 0.6 is 23.2 Å². The minimum Gasteiger partial charge on any atom is -0.345 e. The molecular weight excluding hydrogens is 268 g/mol. The van der Waals surface area contributed by atoms with Gasteiger partial charge in [0.15, 0.2) is 0 Å². The minimum atomic E-state index is -1.08. The van der Waals surface area contributed by atoms with Gasteiger partial charge in [-0.25, -0.2) is 4.39 Å². The van der Waals surface area contributed by atoms with Crippen molar-refractivity contribution in [2.75, 3.05) is 13.1 Å². The van der Waals surface area contributed by atoms with Crippen LogP contribution in [0.4, 0.5) is 4.39 Å². The Bertz CT molecular complexity index is 404. The minimum absolute atomic E-state index is 0.207. The van der Waals surface area contributed by atoms with Gasteiger partial charge in [-0.3, -0.25) is 4.79 Å². The fraction of sp³-hybridized carbons (Fsp3) is 0.500. The molecule has 1 aromatic heterocycles. The summed E-state index contributed by atoms with van der Waals surface area (Å²) in [5, 5.41) is 6.02. The monoisotopic (exact) mass is 279 g/mol. The summed E-state index contributed by atoms with van der Waals surface area (Å²) in [7, 11) is 0. The fourth-order valence-electron chi connectivity index (χ4n) is 1.76. The second-order valence-corrected chi connectivity index (χ2v) is 4.72. The molecule has 3 N–H and O–H groups in total. The maximum atomic E-state index is 13.5. The SMILES string of the molecule is O=C(N[C@@H]1CCNC[C@@H]1F)c1cc(Cl)c(Cl)[nH]1. The predicted octanol–water partition coefficient (Wildman–Crippen LogP) is 1.75. The Morgan fingerprint density at radius 1 is 1.53 bits per heavy atom. The fourth-order valence-corrected chi connectivity index (χ4v) is 2.07. The van der Waals surface area contributed by atoms with Gasteiger partial charge in [0.05, 0.1) is 11.1 Å². The van der Waals surface area contributed by atoms with Crippen LogP contribution in [0.1, 0.15) is 16.9 Å². The summed E-state index contributed by atoms with van der Waals surface area (Å²) >= 11 is 11.4. The van der Waals surface area contributed by atoms with Crippen LogP contribution in [-0.2, 0) is 0 Å². The number of carbonyl (C=O) groups excluding carboxylic acids is 1. The molecule has 1 fully saturated rings. The third kappa shape index (κ3) is 2.91. The topological polar surface area (TPSA) is 56.9 Å². The highest BCUT2D eigenvalue weighted by molar-refractivity contribution is 6.41. The van der Waals surface area contributed by atoms with E-state index in [4.69, 9.17) is 23.2 Å². The van der Waals surface area contributed by atoms with Crippen LogP contribution in [-0.4, -0.2) is 36.2 Å². The van der Waals surface area contributed by atoms with Crippen LogP contribution in [0.25, 0.3) is 0 Å². The van der Waals surface area contributed by atoms with E-state index in [0.29, 0.717) is 13.0 Å². The van der Waals surface area contributed by atoms with Crippen LogP contribution in [0.5, 0.6) is 0 Å². The molecular formula is C10H12Cl2FN3O. The standard InChI is InChI=1S/C10H12Cl2FN3O/c11-5-3-8(15-9(5)12)10(17)16-7-1-2-14-4-6(7)13/h3,6-7,14-15H,1-2,4H2,(H,16,17)/t6-,7+/m0/s1. The van der Waals surface area contributed by atoms with Gasteiger partial charge in [-0.05, 0) is 19.0 Å². The van der Waals surface area contributed by atoms with Crippen molar-refractivity contribution in [1.29, 1.82) is 0 Å². The van der Waals surface area contributed by atoms with Gasteiger partial charge in [0.2, 0.25) is 0 Å². The van der Waals surface area contributed by atoms with Gasteiger partial charge in [0.1, 0.15) is 17.0 Å². The van der Waals surface area contributed by atoms with Gasteiger partial charge in [-0.15, -0.1) is 0 Å². The Morgan fingerprint density at radius 3 is 2.88 bits per heavy atom. The first kappa shape index (κ1) is 12.7. The van der Waals surface area contributed by atoms with E-state index in [-0.39, 0.29) is 22.4 Å². The molecule has 1 amide bonds. The number of hydrogen-bond acceptors (Lipinski definition) is 2. The number of aromatic nitrogens is 1. The molecule has 2 rings (SSSR count). The van der Waals surface area contributed by atoms with Crippen molar-refractivity contribution in [1.82, 2.24) is 15.6 Å². The summed E-state index contributed by atoms with van der Waals surface area (Å²) in [4.78, 5) is 14.4. The highest BCUT2D eigenvalue weighted by Crippen LogP contribution is 2.22. The Labute approximate surface area is 108 Å². The van der Waals surface area contributed by atoms with E-state index < -0.39 is 18.1 Å². The van der Waals surface area contributed by atoms with Crippen LogP contribution < -0.4 is 10.6 Å². The van der Waals surface area contributed by atoms with Gasteiger partial charge in [0.25, 0.3) is 5.91 Å². The van der Waals surface area contributed by atoms with Crippen molar-refractivity contribution in [3.8, 4) is 0 Å². The molecule has 94 valence electrons. The number of nitrogens with one attached hydrogen (secondary N) is 3. The molecule has 0 aromatic carbocycles. The number of aromatic amines is 1. The Morgan fingerprint density at radius 2 is 2.29 bits per heavy atom. The van der Waals surface area contributed by atoms with Gasteiger partial charge in [0, 0.05) is 6.54 Å². The maximum absolute atomic E-state index is 13.5. The number of hydrogen-bond donors (Lipinski definition) is 3. The molecule has 0 bridgehead atoms. The number of rotatable bonds is 2. The molecule has 0 radical (unpaired) electrons. The van der Waals surface area contributed by atoms with Crippen molar-refractivity contribution >= 4 is 29.1 Å². The van der Waals surface area contributed by atoms with E-state index >= 15 is 0 Å². The van der Waals surface area contributed by atoms with E-state index in [1.54, 1.807) is 0 Å². The molecule has 17 heavy (non-hydrogen) atoms. The van der Waals surface area contributed by atoms with Crippen LogP contribution in [0.2, 0.25) is 10.2 Å². The number of alkyl halides is 1. The van der Waals surface area contributed by atoms with Gasteiger partial charge < -0.3 is 15.6 Å². The first-order valence-corrected chi connectivity index (χ1v) is 6.03. The number of carbonyl (C=O) groups is 1. The summed E-state index contributed by atoms with van der Waals surface area (Å²) in [6, 6.07) is 0.956. The third-order valence-corrected chi connectivity index (χ3v) is 3.39. The van der Waals surface area contributed by atoms with Crippen LogP contribution in [0.15, 0.2) is 6.07 Å². The lowest BCUT2D eigenvalue weighted by Gasteiger charge is -2.27. The zero-order chi connectivity index (χ0) is 12.4. The molecule has 0 saturated carbocycles. The second-order valence-electron chi connectivity index (χ2n) is 3.93. The number of piperidine rings is 1. The molecule has 0 unspecified atom stereocenters.